The second-order valence-corrected chi connectivity index (χ2v) is 9.84. The normalized spacial score (nSPS) is 16.8. The molecule has 1 fully saturated rings. The maximum Gasteiger partial charge on any atom is 0.232 e. The molecule has 176 valence electrons. The minimum Gasteiger partial charge on any atom is -0.356 e. The van der Waals surface area contributed by atoms with Crippen molar-refractivity contribution in [3.63, 3.8) is 0 Å². The number of thiocarbonyl (C=S) groups is 1. The summed E-state index contributed by atoms with van der Waals surface area (Å²) in [6.45, 7) is 8.18. The molecule has 34 heavy (non-hydrogen) atoms. The van der Waals surface area contributed by atoms with E-state index in [1.165, 1.54) is 29.5 Å². The molecule has 2 aliphatic rings. The largest absolute Gasteiger partial charge is 0.356 e. The van der Waals surface area contributed by atoms with Gasteiger partial charge in [-0.2, -0.15) is 9.97 Å². The van der Waals surface area contributed by atoms with Crippen LogP contribution in [0.2, 0.25) is 0 Å². The predicted octanol–water partition coefficient (Wildman–Crippen LogP) is 5.28. The van der Waals surface area contributed by atoms with Gasteiger partial charge in [0.2, 0.25) is 5.95 Å². The maximum absolute atomic E-state index is 5.63. The summed E-state index contributed by atoms with van der Waals surface area (Å²) >= 11 is 5.63. The van der Waals surface area contributed by atoms with Crippen molar-refractivity contribution in [3.05, 3.63) is 77.4 Å². The minimum absolute atomic E-state index is 0.0838. The molecule has 3 heterocycles. The van der Waals surface area contributed by atoms with Crippen LogP contribution in [0.15, 0.2) is 60.7 Å². The van der Waals surface area contributed by atoms with E-state index in [9.17, 15) is 0 Å². The molecule has 7 heteroatoms. The third-order valence-corrected chi connectivity index (χ3v) is 7.06. The van der Waals surface area contributed by atoms with Gasteiger partial charge < -0.3 is 20.4 Å². The topological polar surface area (TPSA) is 56.3 Å². The van der Waals surface area contributed by atoms with Gasteiger partial charge in [0.15, 0.2) is 5.11 Å². The van der Waals surface area contributed by atoms with Gasteiger partial charge in [0.25, 0.3) is 0 Å². The Morgan fingerprint density at radius 1 is 0.912 bits per heavy atom. The van der Waals surface area contributed by atoms with Crippen LogP contribution in [0.5, 0.6) is 0 Å². The predicted molar refractivity (Wildman–Crippen MR) is 143 cm³/mol. The second-order valence-electron chi connectivity index (χ2n) is 9.43. The Kier molecular flexibility index (Phi) is 6.63. The van der Waals surface area contributed by atoms with E-state index in [0.29, 0.717) is 11.1 Å². The molecule has 6 nitrogen and oxygen atoms in total. The van der Waals surface area contributed by atoms with E-state index < -0.39 is 0 Å². The highest BCUT2D eigenvalue weighted by Crippen LogP contribution is 2.31. The first-order valence-corrected chi connectivity index (χ1v) is 12.5. The summed E-state index contributed by atoms with van der Waals surface area (Å²) in [5, 5.41) is 7.15. The first-order chi connectivity index (χ1) is 16.5. The molecule has 2 aromatic carbocycles. The summed E-state index contributed by atoms with van der Waals surface area (Å²) in [4.78, 5) is 14.4. The van der Waals surface area contributed by atoms with E-state index in [2.05, 4.69) is 76.7 Å². The summed E-state index contributed by atoms with van der Waals surface area (Å²) in [7, 11) is 0. The molecule has 1 saturated heterocycles. The molecule has 5 rings (SSSR count). The van der Waals surface area contributed by atoms with Crippen molar-refractivity contribution < 1.29 is 0 Å². The summed E-state index contributed by atoms with van der Waals surface area (Å²) in [6, 6.07) is 21.1. The second kappa shape index (κ2) is 9.97. The van der Waals surface area contributed by atoms with Gasteiger partial charge in [-0.15, -0.1) is 0 Å². The fourth-order valence-electron chi connectivity index (χ4n) is 4.69. The molecule has 3 aromatic rings. The smallest absolute Gasteiger partial charge is 0.232 e. The number of piperidine rings is 1. The Hall–Kier alpha value is -3.19. The molecule has 0 amide bonds. The van der Waals surface area contributed by atoms with Gasteiger partial charge in [-0.05, 0) is 54.6 Å². The van der Waals surface area contributed by atoms with Crippen LogP contribution in [-0.2, 0) is 13.1 Å². The fourth-order valence-corrected chi connectivity index (χ4v) is 4.96. The van der Waals surface area contributed by atoms with Crippen LogP contribution >= 0.6 is 12.2 Å². The van der Waals surface area contributed by atoms with Gasteiger partial charge in [-0.3, -0.25) is 0 Å². The number of nitrogens with one attached hydrogen (secondary N) is 2. The number of fused-ring (bicyclic) bond motifs is 1. The number of aromatic nitrogens is 2. The Balaban J connectivity index is 1.37. The van der Waals surface area contributed by atoms with Gasteiger partial charge in [-0.1, -0.05) is 61.5 Å². The molecule has 1 atom stereocenters. The van der Waals surface area contributed by atoms with E-state index in [4.69, 9.17) is 22.2 Å². The maximum atomic E-state index is 5.63. The first-order valence-electron chi connectivity index (χ1n) is 12.1. The lowest BCUT2D eigenvalue weighted by molar-refractivity contribution is 0.436. The molecule has 0 spiro atoms. The van der Waals surface area contributed by atoms with Crippen LogP contribution < -0.4 is 20.4 Å². The molecular weight excluding hydrogens is 440 g/mol. The van der Waals surface area contributed by atoms with Gasteiger partial charge in [0.1, 0.15) is 11.6 Å². The molecule has 0 radical (unpaired) electrons. The number of rotatable bonds is 5. The SMILES string of the molecule is CC1CCN(c2cc(N3Cc4ccccc4C3)nc(NC(=S)NC(C)c3ccccc3)n2)CC1. The third-order valence-electron chi connectivity index (χ3n) is 6.84. The van der Waals surface area contributed by atoms with Crippen LogP contribution in [0, 0.1) is 5.92 Å². The highest BCUT2D eigenvalue weighted by atomic mass is 32.1. The zero-order valence-electron chi connectivity index (χ0n) is 19.9. The highest BCUT2D eigenvalue weighted by Gasteiger charge is 2.24. The Morgan fingerprint density at radius 2 is 1.50 bits per heavy atom. The van der Waals surface area contributed by atoms with Crippen molar-refractivity contribution in [2.75, 3.05) is 28.2 Å². The highest BCUT2D eigenvalue weighted by molar-refractivity contribution is 7.80. The average Bonchev–Trinajstić information content (AvgIpc) is 3.29. The minimum atomic E-state index is 0.0838. The average molecular weight is 473 g/mol. The number of benzene rings is 2. The van der Waals surface area contributed by atoms with Gasteiger partial charge in [0, 0.05) is 32.2 Å². The molecule has 0 saturated carbocycles. The monoisotopic (exact) mass is 472 g/mol. The lowest BCUT2D eigenvalue weighted by Gasteiger charge is -2.32. The van der Waals surface area contributed by atoms with E-state index >= 15 is 0 Å². The van der Waals surface area contributed by atoms with Crippen LogP contribution in [0.25, 0.3) is 0 Å². The lowest BCUT2D eigenvalue weighted by atomic mass is 9.99. The fraction of sp³-hybridized carbons (Fsp3) is 0.370. The van der Waals surface area contributed by atoms with Crippen molar-refractivity contribution >= 4 is 34.9 Å². The van der Waals surface area contributed by atoms with E-state index in [1.54, 1.807) is 0 Å². The summed E-state index contributed by atoms with van der Waals surface area (Å²) in [5.41, 5.74) is 3.90. The number of hydrogen-bond donors (Lipinski definition) is 2. The summed E-state index contributed by atoms with van der Waals surface area (Å²) in [6.07, 6.45) is 2.37. The van der Waals surface area contributed by atoms with Gasteiger partial charge in [0.05, 0.1) is 6.04 Å². The first kappa shape index (κ1) is 22.6. The Labute approximate surface area is 207 Å². The summed E-state index contributed by atoms with van der Waals surface area (Å²) < 4.78 is 0. The zero-order valence-corrected chi connectivity index (χ0v) is 20.7. The Morgan fingerprint density at radius 3 is 2.15 bits per heavy atom. The van der Waals surface area contributed by atoms with Crippen molar-refractivity contribution in [2.24, 2.45) is 5.92 Å². The lowest BCUT2D eigenvalue weighted by Crippen LogP contribution is -2.35. The third kappa shape index (κ3) is 5.14. The van der Waals surface area contributed by atoms with Crippen molar-refractivity contribution in [2.45, 2.75) is 45.8 Å². The van der Waals surface area contributed by atoms with Gasteiger partial charge in [-0.25, -0.2) is 0 Å². The molecular formula is C27H32N6S. The summed E-state index contributed by atoms with van der Waals surface area (Å²) in [5.74, 6) is 3.20. The molecule has 2 aliphatic heterocycles. The van der Waals surface area contributed by atoms with Crippen molar-refractivity contribution in [3.8, 4) is 0 Å². The molecule has 1 unspecified atom stereocenters. The number of nitrogens with zero attached hydrogens (tertiary/aromatic N) is 4. The zero-order chi connectivity index (χ0) is 23.5. The van der Waals surface area contributed by atoms with E-state index in [0.717, 1.165) is 43.7 Å². The molecule has 2 N–H and O–H groups in total. The van der Waals surface area contributed by atoms with Crippen LogP contribution in [0.4, 0.5) is 17.6 Å². The Bertz CT molecular complexity index is 1120. The number of anilines is 3. The van der Waals surface area contributed by atoms with E-state index in [-0.39, 0.29) is 6.04 Å². The van der Waals surface area contributed by atoms with Crippen LogP contribution in [0.1, 0.15) is 49.4 Å². The molecule has 0 aliphatic carbocycles. The quantitative estimate of drug-likeness (QED) is 0.490. The van der Waals surface area contributed by atoms with Gasteiger partial charge >= 0.3 is 0 Å². The number of hydrogen-bond acceptors (Lipinski definition) is 5. The van der Waals surface area contributed by atoms with E-state index in [1.807, 2.05) is 18.2 Å². The van der Waals surface area contributed by atoms with Crippen molar-refractivity contribution in [1.82, 2.24) is 15.3 Å². The van der Waals surface area contributed by atoms with Crippen LogP contribution in [-0.4, -0.2) is 28.2 Å². The molecule has 0 bridgehead atoms. The van der Waals surface area contributed by atoms with Crippen LogP contribution in [0.3, 0.4) is 0 Å². The standard InChI is InChI=1S/C27H32N6S/c1-19-12-14-32(15-13-19)24-16-25(33-17-22-10-6-7-11-23(22)18-33)30-26(29-24)31-27(34)28-20(2)21-8-4-3-5-9-21/h3-11,16,19-20H,12-15,17-18H2,1-2H3,(H2,28,29,30,31,34). The van der Waals surface area contributed by atoms with Crippen molar-refractivity contribution in [1.29, 1.82) is 0 Å². The molecule has 1 aromatic heterocycles.